The Morgan fingerprint density at radius 1 is 0.682 bits per heavy atom. The second kappa shape index (κ2) is 12.6. The molecular formula is C38H33NO5. The lowest BCUT2D eigenvalue weighted by molar-refractivity contribution is -0.146. The van der Waals surface area contributed by atoms with Crippen molar-refractivity contribution in [3.8, 4) is 11.1 Å². The number of carbonyl (C=O) groups is 2. The van der Waals surface area contributed by atoms with Crippen molar-refractivity contribution in [3.05, 3.63) is 167 Å². The van der Waals surface area contributed by atoms with Crippen molar-refractivity contribution >= 4 is 12.1 Å². The number of carboxylic acids is 1. The van der Waals surface area contributed by atoms with Crippen LogP contribution in [0.5, 0.6) is 0 Å². The highest BCUT2D eigenvalue weighted by atomic mass is 16.6. The molecule has 5 aromatic rings. The minimum Gasteiger partial charge on any atom is -0.480 e. The van der Waals surface area contributed by atoms with Crippen molar-refractivity contribution in [2.45, 2.75) is 30.6 Å². The molecule has 2 N–H and O–H groups in total. The molecule has 1 aliphatic rings. The number of aliphatic carboxylic acids is 1. The molecule has 0 unspecified atom stereocenters. The molecule has 6 rings (SSSR count). The van der Waals surface area contributed by atoms with Crippen LogP contribution in [-0.2, 0) is 19.9 Å². The quantitative estimate of drug-likeness (QED) is 0.168. The zero-order chi connectivity index (χ0) is 30.5. The van der Waals surface area contributed by atoms with E-state index >= 15 is 0 Å². The number of carboxylic acid groups (broad SMARTS) is 1. The fraction of sp³-hybridized carbons (Fsp3) is 0.158. The van der Waals surface area contributed by atoms with Gasteiger partial charge in [-0.1, -0.05) is 140 Å². The molecule has 0 saturated heterocycles. The lowest BCUT2D eigenvalue weighted by atomic mass is 9.79. The first kappa shape index (κ1) is 28.9. The molecule has 0 spiro atoms. The number of amides is 1. The van der Waals surface area contributed by atoms with E-state index in [1.165, 1.54) is 0 Å². The van der Waals surface area contributed by atoms with E-state index in [-0.39, 0.29) is 12.5 Å². The van der Waals surface area contributed by atoms with Crippen molar-refractivity contribution < 1.29 is 24.2 Å². The van der Waals surface area contributed by atoms with Crippen LogP contribution < -0.4 is 5.32 Å². The third-order valence-electron chi connectivity index (χ3n) is 8.26. The van der Waals surface area contributed by atoms with Crippen LogP contribution in [0.25, 0.3) is 11.1 Å². The summed E-state index contributed by atoms with van der Waals surface area (Å²) >= 11 is 0. The number of ether oxygens (including phenoxy) is 2. The highest BCUT2D eigenvalue weighted by molar-refractivity contribution is 5.81. The first-order chi connectivity index (χ1) is 21.5. The smallest absolute Gasteiger partial charge is 0.407 e. The van der Waals surface area contributed by atoms with E-state index < -0.39 is 29.8 Å². The highest BCUT2D eigenvalue weighted by Gasteiger charge is 2.42. The van der Waals surface area contributed by atoms with Gasteiger partial charge in [0, 0.05) is 5.92 Å². The van der Waals surface area contributed by atoms with Crippen LogP contribution in [0.3, 0.4) is 0 Å². The fourth-order valence-corrected chi connectivity index (χ4v) is 6.22. The molecule has 2 atom stereocenters. The fourth-order valence-electron chi connectivity index (χ4n) is 6.22. The van der Waals surface area contributed by atoms with E-state index in [2.05, 4.69) is 17.4 Å². The van der Waals surface area contributed by atoms with Crippen molar-refractivity contribution in [3.63, 3.8) is 0 Å². The van der Waals surface area contributed by atoms with Gasteiger partial charge in [0.25, 0.3) is 0 Å². The van der Waals surface area contributed by atoms with Crippen LogP contribution in [0.4, 0.5) is 4.79 Å². The predicted molar refractivity (Wildman–Crippen MR) is 169 cm³/mol. The maximum Gasteiger partial charge on any atom is 0.407 e. The zero-order valence-electron chi connectivity index (χ0n) is 24.3. The SMILES string of the molecule is C[C@@H](OC(c1ccccc1)(c1ccccc1)c1ccccc1)[C@H](NC(=O)OCC1c2ccccc2-c2ccccc21)C(=O)O. The van der Waals surface area contributed by atoms with Crippen LogP contribution >= 0.6 is 0 Å². The summed E-state index contributed by atoms with van der Waals surface area (Å²) in [6.45, 7) is 1.73. The Labute approximate surface area is 256 Å². The Hall–Kier alpha value is -5.20. The van der Waals surface area contributed by atoms with Gasteiger partial charge in [-0.2, -0.15) is 0 Å². The molecule has 0 radical (unpaired) electrons. The van der Waals surface area contributed by atoms with Gasteiger partial charge < -0.3 is 19.9 Å². The van der Waals surface area contributed by atoms with E-state index in [0.29, 0.717) is 0 Å². The molecule has 0 saturated carbocycles. The number of carbonyl (C=O) groups excluding carboxylic acids is 1. The molecular weight excluding hydrogens is 550 g/mol. The maximum absolute atomic E-state index is 13.2. The van der Waals surface area contributed by atoms with Crippen LogP contribution in [-0.4, -0.2) is 35.9 Å². The number of benzene rings is 5. The second-order valence-corrected chi connectivity index (χ2v) is 10.9. The average molecular weight is 584 g/mol. The molecule has 6 nitrogen and oxygen atoms in total. The van der Waals surface area contributed by atoms with E-state index in [9.17, 15) is 14.7 Å². The van der Waals surface area contributed by atoms with Crippen molar-refractivity contribution in [1.82, 2.24) is 5.32 Å². The minimum absolute atomic E-state index is 0.0728. The van der Waals surface area contributed by atoms with Gasteiger partial charge in [0.15, 0.2) is 6.04 Å². The monoisotopic (exact) mass is 583 g/mol. The summed E-state index contributed by atoms with van der Waals surface area (Å²) in [5.41, 5.74) is 5.71. The molecule has 5 aromatic carbocycles. The summed E-state index contributed by atoms with van der Waals surface area (Å²) < 4.78 is 12.5. The van der Waals surface area contributed by atoms with Crippen molar-refractivity contribution in [1.29, 1.82) is 0 Å². The normalized spacial score (nSPS) is 13.8. The molecule has 0 fully saturated rings. The van der Waals surface area contributed by atoms with E-state index in [1.54, 1.807) is 6.92 Å². The lowest BCUT2D eigenvalue weighted by Gasteiger charge is -2.39. The topological polar surface area (TPSA) is 84.9 Å². The van der Waals surface area contributed by atoms with Crippen molar-refractivity contribution in [2.75, 3.05) is 6.61 Å². The number of alkyl carbamates (subject to hydrolysis) is 1. The van der Waals surface area contributed by atoms with Crippen LogP contribution in [0.1, 0.15) is 40.7 Å². The van der Waals surface area contributed by atoms with E-state index in [0.717, 1.165) is 38.9 Å². The van der Waals surface area contributed by atoms with E-state index in [4.69, 9.17) is 9.47 Å². The molecule has 0 aromatic heterocycles. The molecule has 0 heterocycles. The Morgan fingerprint density at radius 2 is 1.09 bits per heavy atom. The van der Waals surface area contributed by atoms with Gasteiger partial charge in [0.2, 0.25) is 0 Å². The lowest BCUT2D eigenvalue weighted by Crippen LogP contribution is -2.51. The van der Waals surface area contributed by atoms with Crippen molar-refractivity contribution in [2.24, 2.45) is 0 Å². The molecule has 1 amide bonds. The maximum atomic E-state index is 13.2. The highest BCUT2D eigenvalue weighted by Crippen LogP contribution is 2.45. The number of hydrogen-bond acceptors (Lipinski definition) is 4. The van der Waals surface area contributed by atoms with Gasteiger partial charge in [-0.15, -0.1) is 0 Å². The number of fused-ring (bicyclic) bond motifs is 3. The van der Waals surface area contributed by atoms with Crippen LogP contribution in [0.15, 0.2) is 140 Å². The third kappa shape index (κ3) is 5.48. The summed E-state index contributed by atoms with van der Waals surface area (Å²) in [5.74, 6) is -1.37. The summed E-state index contributed by atoms with van der Waals surface area (Å²) in [6.07, 6.45) is -1.78. The Balaban J connectivity index is 1.26. The Morgan fingerprint density at radius 3 is 1.52 bits per heavy atom. The van der Waals surface area contributed by atoms with E-state index in [1.807, 2.05) is 127 Å². The number of hydrogen-bond donors (Lipinski definition) is 2. The molecule has 6 heteroatoms. The standard InChI is InChI=1S/C38H33NO5/c1-26(44-38(27-15-5-2-6-16-27,28-17-7-3-8-18-28)29-19-9-4-10-20-29)35(36(40)41)39-37(42)43-25-34-32-23-13-11-21-30(32)31-22-12-14-24-33(31)34/h2-24,26,34-35H,25H2,1H3,(H,39,42)(H,40,41)/t26-,35+/m1/s1. The average Bonchev–Trinajstić information content (AvgIpc) is 3.39. The van der Waals surface area contributed by atoms with Gasteiger partial charge >= 0.3 is 12.1 Å². The van der Waals surface area contributed by atoms with Gasteiger partial charge in [0.05, 0.1) is 6.10 Å². The van der Waals surface area contributed by atoms with Gasteiger partial charge in [-0.05, 0) is 45.9 Å². The van der Waals surface area contributed by atoms with Gasteiger partial charge in [0.1, 0.15) is 12.2 Å². The summed E-state index contributed by atoms with van der Waals surface area (Å²) in [7, 11) is 0. The van der Waals surface area contributed by atoms with Crippen LogP contribution in [0, 0.1) is 0 Å². The second-order valence-electron chi connectivity index (χ2n) is 10.9. The minimum atomic E-state index is -1.39. The molecule has 0 aliphatic heterocycles. The Kier molecular flexibility index (Phi) is 8.26. The third-order valence-corrected chi connectivity index (χ3v) is 8.26. The molecule has 1 aliphatic carbocycles. The first-order valence-electron chi connectivity index (χ1n) is 14.7. The van der Waals surface area contributed by atoms with Crippen LogP contribution in [0.2, 0.25) is 0 Å². The summed E-state index contributed by atoms with van der Waals surface area (Å²) in [4.78, 5) is 25.8. The Bertz CT molecular complexity index is 1600. The predicted octanol–water partition coefficient (Wildman–Crippen LogP) is 7.38. The first-order valence-corrected chi connectivity index (χ1v) is 14.7. The molecule has 220 valence electrons. The zero-order valence-corrected chi connectivity index (χ0v) is 24.3. The molecule has 44 heavy (non-hydrogen) atoms. The summed E-state index contributed by atoms with van der Waals surface area (Å²) in [5, 5.41) is 12.9. The van der Waals surface area contributed by atoms with Gasteiger partial charge in [-0.25, -0.2) is 9.59 Å². The number of nitrogens with one attached hydrogen (secondary N) is 1. The molecule has 0 bridgehead atoms. The summed E-state index contributed by atoms with van der Waals surface area (Å²) in [6, 6.07) is 43.8. The van der Waals surface area contributed by atoms with Gasteiger partial charge in [-0.3, -0.25) is 0 Å². The number of rotatable bonds is 10. The largest absolute Gasteiger partial charge is 0.480 e.